The Labute approximate surface area is 115 Å². The van der Waals surface area contributed by atoms with Crippen LogP contribution in [0.15, 0.2) is 11.6 Å². The van der Waals surface area contributed by atoms with Crippen molar-refractivity contribution in [2.75, 3.05) is 0 Å². The summed E-state index contributed by atoms with van der Waals surface area (Å²) in [5, 5.41) is 40.5. The molecular weight excluding hydrogens is 244 g/mol. The lowest BCUT2D eigenvalue weighted by Gasteiger charge is -2.37. The fourth-order valence-electron chi connectivity index (χ4n) is 3.06. The number of aliphatic hydroxyl groups excluding tert-OH is 4. The van der Waals surface area contributed by atoms with Crippen molar-refractivity contribution >= 4 is 0 Å². The van der Waals surface area contributed by atoms with Gasteiger partial charge in [0.2, 0.25) is 0 Å². The predicted octanol–water partition coefficient (Wildman–Crippen LogP) is 1.08. The highest BCUT2D eigenvalue weighted by Crippen LogP contribution is 2.32. The Morgan fingerprint density at radius 1 is 1.11 bits per heavy atom. The van der Waals surface area contributed by atoms with Gasteiger partial charge in [0.05, 0.1) is 24.4 Å². The van der Waals surface area contributed by atoms with Crippen molar-refractivity contribution in [2.45, 2.75) is 65.0 Å². The average Bonchev–Trinajstić information content (AvgIpc) is 2.33. The Kier molecular flexibility index (Phi) is 5.99. The molecule has 0 aromatic rings. The summed E-state index contributed by atoms with van der Waals surface area (Å²) < 4.78 is 0. The van der Waals surface area contributed by atoms with Crippen LogP contribution >= 0.6 is 0 Å². The first-order valence-corrected chi connectivity index (χ1v) is 7.16. The SMILES string of the molecule is C/C1=C/[C@@H](O)[C@@H](C)[C@@H](C(C)C)[C@H](O)[C@@H](O)CC[C@@H]1O. The van der Waals surface area contributed by atoms with E-state index in [4.69, 9.17) is 0 Å². The molecule has 112 valence electrons. The van der Waals surface area contributed by atoms with Gasteiger partial charge in [-0.15, -0.1) is 0 Å². The van der Waals surface area contributed by atoms with Gasteiger partial charge in [-0.1, -0.05) is 26.8 Å². The van der Waals surface area contributed by atoms with Gasteiger partial charge in [0, 0.05) is 0 Å². The van der Waals surface area contributed by atoms with E-state index in [1.165, 1.54) is 0 Å². The monoisotopic (exact) mass is 272 g/mol. The third kappa shape index (κ3) is 4.02. The minimum absolute atomic E-state index is 0.160. The van der Waals surface area contributed by atoms with Gasteiger partial charge in [0.25, 0.3) is 0 Å². The van der Waals surface area contributed by atoms with Crippen molar-refractivity contribution in [2.24, 2.45) is 17.8 Å². The summed E-state index contributed by atoms with van der Waals surface area (Å²) >= 11 is 0. The average molecular weight is 272 g/mol. The lowest BCUT2D eigenvalue weighted by atomic mass is 9.74. The van der Waals surface area contributed by atoms with Crippen LogP contribution in [0.25, 0.3) is 0 Å². The molecule has 0 amide bonds. The molecule has 19 heavy (non-hydrogen) atoms. The van der Waals surface area contributed by atoms with Crippen LogP contribution in [0.5, 0.6) is 0 Å². The first-order chi connectivity index (χ1) is 8.75. The van der Waals surface area contributed by atoms with Crippen molar-refractivity contribution in [3.8, 4) is 0 Å². The molecular formula is C15H28O4. The van der Waals surface area contributed by atoms with Crippen LogP contribution in [0.1, 0.15) is 40.5 Å². The normalized spacial score (nSPS) is 44.8. The predicted molar refractivity (Wildman–Crippen MR) is 74.5 cm³/mol. The minimum Gasteiger partial charge on any atom is -0.390 e. The molecule has 4 heteroatoms. The molecule has 0 heterocycles. The van der Waals surface area contributed by atoms with Gasteiger partial charge in [-0.05, 0) is 43.1 Å². The van der Waals surface area contributed by atoms with Crippen LogP contribution < -0.4 is 0 Å². The molecule has 0 fully saturated rings. The number of hydrogen-bond acceptors (Lipinski definition) is 4. The van der Waals surface area contributed by atoms with Crippen molar-refractivity contribution in [1.82, 2.24) is 0 Å². The zero-order chi connectivity index (χ0) is 14.7. The van der Waals surface area contributed by atoms with Gasteiger partial charge in [-0.3, -0.25) is 0 Å². The molecule has 0 aromatic carbocycles. The summed E-state index contributed by atoms with van der Waals surface area (Å²) in [4.78, 5) is 0. The minimum atomic E-state index is -0.872. The molecule has 0 aliphatic heterocycles. The van der Waals surface area contributed by atoms with E-state index in [1.807, 2.05) is 20.8 Å². The molecule has 0 unspecified atom stereocenters. The Morgan fingerprint density at radius 2 is 1.68 bits per heavy atom. The molecule has 1 aliphatic carbocycles. The van der Waals surface area contributed by atoms with Crippen LogP contribution in [-0.2, 0) is 0 Å². The zero-order valence-electron chi connectivity index (χ0n) is 12.3. The van der Waals surface area contributed by atoms with Gasteiger partial charge in [-0.2, -0.15) is 0 Å². The summed E-state index contributed by atoms with van der Waals surface area (Å²) in [5.74, 6) is -0.193. The number of aliphatic hydroxyl groups is 4. The molecule has 1 aliphatic rings. The van der Waals surface area contributed by atoms with Gasteiger partial charge in [0.1, 0.15) is 0 Å². The van der Waals surface area contributed by atoms with Crippen molar-refractivity contribution in [1.29, 1.82) is 0 Å². The van der Waals surface area contributed by atoms with Crippen LogP contribution in [-0.4, -0.2) is 44.8 Å². The fraction of sp³-hybridized carbons (Fsp3) is 0.867. The Bertz CT molecular complexity index is 313. The molecule has 4 nitrogen and oxygen atoms in total. The third-order valence-electron chi connectivity index (χ3n) is 4.40. The molecule has 0 bridgehead atoms. The molecule has 0 spiro atoms. The third-order valence-corrected chi connectivity index (χ3v) is 4.40. The quantitative estimate of drug-likeness (QED) is 0.538. The molecule has 4 N–H and O–H groups in total. The van der Waals surface area contributed by atoms with Crippen LogP contribution in [0.3, 0.4) is 0 Å². The largest absolute Gasteiger partial charge is 0.390 e. The lowest BCUT2D eigenvalue weighted by Crippen LogP contribution is -2.43. The van der Waals surface area contributed by atoms with E-state index in [-0.39, 0.29) is 17.8 Å². The maximum atomic E-state index is 10.3. The molecule has 1 rings (SSSR count). The maximum Gasteiger partial charge on any atom is 0.0833 e. The highest BCUT2D eigenvalue weighted by molar-refractivity contribution is 5.09. The molecule has 0 saturated carbocycles. The Hall–Kier alpha value is -0.420. The van der Waals surface area contributed by atoms with Crippen LogP contribution in [0.2, 0.25) is 0 Å². The maximum absolute atomic E-state index is 10.3. The van der Waals surface area contributed by atoms with Crippen LogP contribution in [0.4, 0.5) is 0 Å². The van der Waals surface area contributed by atoms with E-state index < -0.39 is 24.4 Å². The summed E-state index contributed by atoms with van der Waals surface area (Å²) in [6, 6.07) is 0. The standard InChI is InChI=1S/C15H28O4/c1-8(2)14-10(4)13(18)7-9(3)11(16)5-6-12(17)15(14)19/h7-8,10-19H,5-6H2,1-4H3/b9-7-/t10-,11+,12+,13-,14-,15-/m1/s1. The molecule has 0 saturated heterocycles. The van der Waals surface area contributed by atoms with Crippen molar-refractivity contribution in [3.05, 3.63) is 11.6 Å². The second-order valence-electron chi connectivity index (χ2n) is 6.23. The van der Waals surface area contributed by atoms with Gasteiger partial charge in [0.15, 0.2) is 0 Å². The van der Waals surface area contributed by atoms with Crippen molar-refractivity contribution < 1.29 is 20.4 Å². The Morgan fingerprint density at radius 3 is 2.21 bits per heavy atom. The summed E-state index contributed by atoms with van der Waals surface area (Å²) in [5.41, 5.74) is 0.727. The Balaban J connectivity index is 3.07. The lowest BCUT2D eigenvalue weighted by molar-refractivity contribution is -0.0687. The van der Waals surface area contributed by atoms with E-state index in [9.17, 15) is 20.4 Å². The summed E-state index contributed by atoms with van der Waals surface area (Å²) in [6.07, 6.45) is -0.686. The second-order valence-corrected chi connectivity index (χ2v) is 6.23. The first-order valence-electron chi connectivity index (χ1n) is 7.16. The summed E-state index contributed by atoms with van der Waals surface area (Å²) in [6.45, 7) is 7.64. The fourth-order valence-corrected chi connectivity index (χ4v) is 3.06. The zero-order valence-corrected chi connectivity index (χ0v) is 12.3. The van der Waals surface area contributed by atoms with Gasteiger partial charge < -0.3 is 20.4 Å². The van der Waals surface area contributed by atoms with E-state index in [2.05, 4.69) is 0 Å². The van der Waals surface area contributed by atoms with E-state index in [0.717, 1.165) is 5.57 Å². The van der Waals surface area contributed by atoms with Gasteiger partial charge >= 0.3 is 0 Å². The van der Waals surface area contributed by atoms with Crippen LogP contribution in [0, 0.1) is 17.8 Å². The molecule has 0 aromatic heterocycles. The first kappa shape index (κ1) is 16.6. The van der Waals surface area contributed by atoms with E-state index in [1.54, 1.807) is 13.0 Å². The van der Waals surface area contributed by atoms with Crippen molar-refractivity contribution in [3.63, 3.8) is 0 Å². The van der Waals surface area contributed by atoms with E-state index >= 15 is 0 Å². The van der Waals surface area contributed by atoms with Gasteiger partial charge in [-0.25, -0.2) is 0 Å². The highest BCUT2D eigenvalue weighted by atomic mass is 16.3. The smallest absolute Gasteiger partial charge is 0.0833 e. The number of rotatable bonds is 1. The topological polar surface area (TPSA) is 80.9 Å². The highest BCUT2D eigenvalue weighted by Gasteiger charge is 2.36. The van der Waals surface area contributed by atoms with E-state index in [0.29, 0.717) is 12.8 Å². The molecule has 6 atom stereocenters. The molecule has 0 radical (unpaired) electrons. The summed E-state index contributed by atoms with van der Waals surface area (Å²) in [7, 11) is 0. The second kappa shape index (κ2) is 6.84. The number of hydrogen-bond donors (Lipinski definition) is 4.